The van der Waals surface area contributed by atoms with Gasteiger partial charge in [-0.05, 0) is 48.5 Å². The molecule has 1 N–H and O–H groups in total. The summed E-state index contributed by atoms with van der Waals surface area (Å²) in [5.74, 6) is 0.483. The Morgan fingerprint density at radius 1 is 1.10 bits per heavy atom. The summed E-state index contributed by atoms with van der Waals surface area (Å²) in [5.41, 5.74) is 1.35. The van der Waals surface area contributed by atoms with Crippen molar-refractivity contribution >= 4 is 17.5 Å². The van der Waals surface area contributed by atoms with Gasteiger partial charge in [-0.2, -0.15) is 5.26 Å². The predicted molar refractivity (Wildman–Crippen MR) is 106 cm³/mol. The zero-order chi connectivity index (χ0) is 20.6. The summed E-state index contributed by atoms with van der Waals surface area (Å²) in [6.07, 6.45) is 1.54. The predicted octanol–water partition coefficient (Wildman–Crippen LogP) is 3.12. The van der Waals surface area contributed by atoms with Gasteiger partial charge in [-0.3, -0.25) is 9.59 Å². The van der Waals surface area contributed by atoms with Crippen molar-refractivity contribution in [3.05, 3.63) is 83.8 Å². The van der Waals surface area contributed by atoms with Crippen molar-refractivity contribution in [2.45, 2.75) is 6.54 Å². The average Bonchev–Trinajstić information content (AvgIpc) is 3.29. The number of anilines is 1. The lowest BCUT2D eigenvalue weighted by atomic mass is 10.1. The van der Waals surface area contributed by atoms with Crippen LogP contribution >= 0.6 is 0 Å². The SMILES string of the molecule is CN(C(=O)COc1ccc(C#N)cc1)c1ccccc1C(=O)NCc1ccco1. The quantitative estimate of drug-likeness (QED) is 0.670. The maximum Gasteiger partial charge on any atom is 0.264 e. The summed E-state index contributed by atoms with van der Waals surface area (Å²) in [7, 11) is 1.59. The normalized spacial score (nSPS) is 10.1. The molecular weight excluding hydrogens is 370 g/mol. The summed E-state index contributed by atoms with van der Waals surface area (Å²) < 4.78 is 10.7. The van der Waals surface area contributed by atoms with Crippen LogP contribution < -0.4 is 15.0 Å². The molecule has 0 atom stereocenters. The lowest BCUT2D eigenvalue weighted by molar-refractivity contribution is -0.120. The van der Waals surface area contributed by atoms with Crippen molar-refractivity contribution in [1.29, 1.82) is 5.26 Å². The summed E-state index contributed by atoms with van der Waals surface area (Å²) in [6, 6.07) is 18.8. The summed E-state index contributed by atoms with van der Waals surface area (Å²) in [5, 5.41) is 11.6. The molecule has 0 spiro atoms. The van der Waals surface area contributed by atoms with Crippen molar-refractivity contribution in [3.63, 3.8) is 0 Å². The van der Waals surface area contributed by atoms with E-state index in [4.69, 9.17) is 14.4 Å². The van der Waals surface area contributed by atoms with E-state index in [1.807, 2.05) is 6.07 Å². The van der Waals surface area contributed by atoms with Crippen molar-refractivity contribution in [2.24, 2.45) is 0 Å². The minimum Gasteiger partial charge on any atom is -0.484 e. The molecule has 2 amide bonds. The summed E-state index contributed by atoms with van der Waals surface area (Å²) in [6.45, 7) is 0.0460. The first-order valence-corrected chi connectivity index (χ1v) is 8.87. The van der Waals surface area contributed by atoms with Crippen molar-refractivity contribution in [3.8, 4) is 11.8 Å². The Kier molecular flexibility index (Phi) is 6.28. The minimum atomic E-state index is -0.319. The van der Waals surface area contributed by atoms with Crippen LogP contribution in [0.5, 0.6) is 5.75 Å². The molecule has 1 aromatic heterocycles. The van der Waals surface area contributed by atoms with E-state index in [0.29, 0.717) is 28.3 Å². The van der Waals surface area contributed by atoms with Crippen LogP contribution in [-0.4, -0.2) is 25.5 Å². The fourth-order valence-corrected chi connectivity index (χ4v) is 2.64. The fourth-order valence-electron chi connectivity index (χ4n) is 2.64. The average molecular weight is 389 g/mol. The number of nitriles is 1. The van der Waals surface area contributed by atoms with Gasteiger partial charge in [0.1, 0.15) is 11.5 Å². The molecule has 0 aliphatic heterocycles. The number of amides is 2. The number of nitrogens with zero attached hydrogens (tertiary/aromatic N) is 2. The zero-order valence-corrected chi connectivity index (χ0v) is 15.8. The number of carbonyl (C=O) groups excluding carboxylic acids is 2. The van der Waals surface area contributed by atoms with Crippen molar-refractivity contribution < 1.29 is 18.7 Å². The second-order valence-electron chi connectivity index (χ2n) is 6.16. The van der Waals surface area contributed by atoms with E-state index < -0.39 is 0 Å². The van der Waals surface area contributed by atoms with Crippen LogP contribution in [0.3, 0.4) is 0 Å². The molecule has 0 saturated carbocycles. The molecule has 2 aromatic carbocycles. The van der Waals surface area contributed by atoms with Gasteiger partial charge in [-0.25, -0.2) is 0 Å². The van der Waals surface area contributed by atoms with Gasteiger partial charge in [0.15, 0.2) is 6.61 Å². The molecule has 146 valence electrons. The molecule has 0 aliphatic rings. The van der Waals surface area contributed by atoms with Crippen LogP contribution in [0.15, 0.2) is 71.3 Å². The number of nitrogens with one attached hydrogen (secondary N) is 1. The Morgan fingerprint density at radius 2 is 1.86 bits per heavy atom. The summed E-state index contributed by atoms with van der Waals surface area (Å²) in [4.78, 5) is 26.5. The van der Waals surface area contributed by atoms with Crippen molar-refractivity contribution in [2.75, 3.05) is 18.6 Å². The number of benzene rings is 2. The van der Waals surface area contributed by atoms with Gasteiger partial charge in [-0.1, -0.05) is 12.1 Å². The molecule has 1 heterocycles. The number of hydrogen-bond acceptors (Lipinski definition) is 5. The van der Waals surface area contributed by atoms with E-state index in [2.05, 4.69) is 5.32 Å². The van der Waals surface area contributed by atoms with Gasteiger partial charge < -0.3 is 19.4 Å². The minimum absolute atomic E-state index is 0.204. The lowest BCUT2D eigenvalue weighted by Gasteiger charge is -2.20. The Hall–Kier alpha value is -4.05. The summed E-state index contributed by atoms with van der Waals surface area (Å²) >= 11 is 0. The van der Waals surface area contributed by atoms with Gasteiger partial charge >= 0.3 is 0 Å². The molecule has 29 heavy (non-hydrogen) atoms. The van der Waals surface area contributed by atoms with E-state index >= 15 is 0 Å². The highest BCUT2D eigenvalue weighted by molar-refractivity contribution is 6.04. The molecule has 0 bridgehead atoms. The van der Waals surface area contributed by atoms with E-state index in [-0.39, 0.29) is 25.0 Å². The fraction of sp³-hybridized carbons (Fsp3) is 0.136. The van der Waals surface area contributed by atoms with Crippen molar-refractivity contribution in [1.82, 2.24) is 5.32 Å². The Morgan fingerprint density at radius 3 is 2.55 bits per heavy atom. The molecule has 7 heteroatoms. The van der Waals surface area contributed by atoms with Crippen LogP contribution in [0.1, 0.15) is 21.7 Å². The zero-order valence-electron chi connectivity index (χ0n) is 15.8. The topological polar surface area (TPSA) is 95.6 Å². The van der Waals surface area contributed by atoms with Crippen LogP contribution in [0.4, 0.5) is 5.69 Å². The highest BCUT2D eigenvalue weighted by atomic mass is 16.5. The molecule has 0 fully saturated rings. The molecule has 3 rings (SSSR count). The number of furan rings is 1. The third kappa shape index (κ3) is 5.02. The van der Waals surface area contributed by atoms with Crippen LogP contribution in [0.2, 0.25) is 0 Å². The molecular formula is C22H19N3O4. The standard InChI is InChI=1S/C22H19N3O4/c1-25(21(26)15-29-17-10-8-16(13-23)9-11-17)20-7-3-2-6-19(20)22(27)24-14-18-5-4-12-28-18/h2-12H,14-15H2,1H3,(H,24,27). The van der Waals surface area contributed by atoms with E-state index in [9.17, 15) is 9.59 Å². The van der Waals surface area contributed by atoms with Crippen LogP contribution in [-0.2, 0) is 11.3 Å². The number of ether oxygens (including phenoxy) is 1. The lowest BCUT2D eigenvalue weighted by Crippen LogP contribution is -2.33. The Labute approximate surface area is 168 Å². The molecule has 0 unspecified atom stereocenters. The van der Waals surface area contributed by atoms with Gasteiger partial charge in [0, 0.05) is 7.05 Å². The first-order chi connectivity index (χ1) is 14.1. The first-order valence-electron chi connectivity index (χ1n) is 8.87. The second kappa shape index (κ2) is 9.24. The van der Waals surface area contributed by atoms with E-state index in [0.717, 1.165) is 0 Å². The maximum absolute atomic E-state index is 12.6. The number of rotatable bonds is 7. The smallest absolute Gasteiger partial charge is 0.264 e. The third-order valence-corrected chi connectivity index (χ3v) is 4.23. The van der Waals surface area contributed by atoms with Gasteiger partial charge in [0.2, 0.25) is 0 Å². The molecule has 3 aromatic rings. The largest absolute Gasteiger partial charge is 0.484 e. The Balaban J connectivity index is 1.64. The number of carbonyl (C=O) groups is 2. The van der Waals surface area contributed by atoms with Crippen LogP contribution in [0, 0.1) is 11.3 Å². The number of likely N-dealkylation sites (N-methyl/N-ethyl adjacent to an activating group) is 1. The highest BCUT2D eigenvalue weighted by Crippen LogP contribution is 2.20. The molecule has 0 aliphatic carbocycles. The van der Waals surface area contributed by atoms with Gasteiger partial charge in [0.05, 0.1) is 35.7 Å². The number of hydrogen-bond donors (Lipinski definition) is 1. The number of para-hydroxylation sites is 1. The molecule has 7 nitrogen and oxygen atoms in total. The molecule has 0 radical (unpaired) electrons. The first kappa shape index (κ1) is 19.7. The monoisotopic (exact) mass is 389 g/mol. The van der Waals surface area contributed by atoms with E-state index in [1.165, 1.54) is 11.2 Å². The van der Waals surface area contributed by atoms with Gasteiger partial charge in [0.25, 0.3) is 11.8 Å². The second-order valence-corrected chi connectivity index (χ2v) is 6.16. The van der Waals surface area contributed by atoms with Gasteiger partial charge in [-0.15, -0.1) is 0 Å². The van der Waals surface area contributed by atoms with E-state index in [1.54, 1.807) is 67.7 Å². The van der Waals surface area contributed by atoms with Crippen LogP contribution in [0.25, 0.3) is 0 Å². The third-order valence-electron chi connectivity index (χ3n) is 4.23. The molecule has 0 saturated heterocycles. The highest BCUT2D eigenvalue weighted by Gasteiger charge is 2.19. The maximum atomic E-state index is 12.6. The Bertz CT molecular complexity index is 1020.